The van der Waals surface area contributed by atoms with Crippen molar-refractivity contribution >= 4 is 23.4 Å². The summed E-state index contributed by atoms with van der Waals surface area (Å²) in [5, 5.41) is 1.98. The van der Waals surface area contributed by atoms with Gasteiger partial charge in [-0.3, -0.25) is 19.7 Å². The second-order valence-electron chi connectivity index (χ2n) is 4.40. The topological polar surface area (TPSA) is 92.5 Å². The highest BCUT2D eigenvalue weighted by molar-refractivity contribution is 6.07. The fourth-order valence-corrected chi connectivity index (χ4v) is 1.95. The molecule has 0 radical (unpaired) electrons. The second-order valence-corrected chi connectivity index (χ2v) is 4.40. The van der Waals surface area contributed by atoms with E-state index in [9.17, 15) is 27.6 Å². The van der Waals surface area contributed by atoms with E-state index in [1.807, 2.05) is 5.32 Å². The van der Waals surface area contributed by atoms with Gasteiger partial charge in [0, 0.05) is 0 Å². The van der Waals surface area contributed by atoms with Crippen molar-refractivity contribution in [2.24, 2.45) is 0 Å². The lowest BCUT2D eigenvalue weighted by molar-refractivity contribution is -0.137. The molecule has 0 aliphatic carbocycles. The van der Waals surface area contributed by atoms with Crippen LogP contribution in [-0.2, 0) is 15.8 Å². The smallest absolute Gasteiger partial charge is 0.398 e. The molecule has 1 aromatic rings. The Bertz CT molecular complexity index is 612. The zero-order chi connectivity index (χ0) is 15.8. The molecule has 9 heteroatoms. The molecule has 3 amide bonds. The van der Waals surface area contributed by atoms with Crippen LogP contribution in [0.25, 0.3) is 0 Å². The molecule has 1 aliphatic heterocycles. The van der Waals surface area contributed by atoms with Gasteiger partial charge in [0.2, 0.25) is 11.8 Å². The summed E-state index contributed by atoms with van der Waals surface area (Å²) in [5.41, 5.74) is 3.13. The van der Waals surface area contributed by atoms with E-state index in [0.717, 1.165) is 23.1 Å². The Kier molecular flexibility index (Phi) is 3.58. The zero-order valence-corrected chi connectivity index (χ0v) is 10.5. The lowest BCUT2D eigenvalue weighted by Crippen LogP contribution is -2.53. The van der Waals surface area contributed by atoms with Crippen molar-refractivity contribution in [2.75, 3.05) is 18.8 Å². The van der Waals surface area contributed by atoms with Gasteiger partial charge in [-0.15, -0.1) is 0 Å². The lowest BCUT2D eigenvalue weighted by atomic mass is 10.1. The van der Waals surface area contributed by atoms with Gasteiger partial charge in [-0.2, -0.15) is 13.2 Å². The van der Waals surface area contributed by atoms with E-state index in [1.165, 1.54) is 0 Å². The molecular formula is C12H10F3N3O3. The van der Waals surface area contributed by atoms with Crippen molar-refractivity contribution in [3.05, 3.63) is 29.3 Å². The lowest BCUT2D eigenvalue weighted by Gasteiger charge is -2.26. The second kappa shape index (κ2) is 5.08. The molecule has 1 saturated heterocycles. The molecule has 0 saturated carbocycles. The predicted octanol–water partition coefficient (Wildman–Crippen LogP) is 0.386. The standard InChI is InChI=1S/C12H10F3N3O3/c13-12(14,15)7-3-1-2-6(10(7)16)11(21)18-4-8(19)17-9(20)5-18/h1-3H,4-5,16H2,(H,17,19,20). The number of hydrogen-bond acceptors (Lipinski definition) is 4. The maximum atomic E-state index is 12.7. The number of benzene rings is 1. The first-order valence-corrected chi connectivity index (χ1v) is 5.78. The van der Waals surface area contributed by atoms with E-state index in [0.29, 0.717) is 0 Å². The summed E-state index contributed by atoms with van der Waals surface area (Å²) in [6, 6.07) is 2.91. The summed E-state index contributed by atoms with van der Waals surface area (Å²) >= 11 is 0. The van der Waals surface area contributed by atoms with Crippen LogP contribution < -0.4 is 11.1 Å². The minimum absolute atomic E-state index is 0.396. The molecule has 6 nitrogen and oxygen atoms in total. The molecule has 1 heterocycles. The van der Waals surface area contributed by atoms with Crippen molar-refractivity contribution in [1.29, 1.82) is 0 Å². The molecule has 0 unspecified atom stereocenters. The molecule has 3 N–H and O–H groups in total. The average molecular weight is 301 g/mol. The highest BCUT2D eigenvalue weighted by Gasteiger charge is 2.35. The van der Waals surface area contributed by atoms with Gasteiger partial charge < -0.3 is 10.6 Å². The Labute approximate surface area is 116 Å². The number of hydrogen-bond donors (Lipinski definition) is 2. The average Bonchev–Trinajstić information content (AvgIpc) is 2.35. The molecule has 1 aliphatic rings. The number of imide groups is 1. The Hall–Kier alpha value is -2.58. The van der Waals surface area contributed by atoms with E-state index in [2.05, 4.69) is 0 Å². The molecule has 1 aromatic carbocycles. The van der Waals surface area contributed by atoms with Gasteiger partial charge in [-0.05, 0) is 12.1 Å². The van der Waals surface area contributed by atoms with Gasteiger partial charge >= 0.3 is 6.18 Å². The van der Waals surface area contributed by atoms with Crippen molar-refractivity contribution in [3.8, 4) is 0 Å². The molecule has 2 rings (SSSR count). The summed E-state index contributed by atoms with van der Waals surface area (Å²) in [7, 11) is 0. The molecule has 1 fully saturated rings. The Balaban J connectivity index is 2.36. The zero-order valence-electron chi connectivity index (χ0n) is 10.5. The number of halogens is 3. The van der Waals surface area contributed by atoms with Gasteiger partial charge in [-0.1, -0.05) is 6.07 Å². The number of para-hydroxylation sites is 1. The number of amides is 3. The summed E-state index contributed by atoms with van der Waals surface area (Å²) in [4.78, 5) is 35.4. The van der Waals surface area contributed by atoms with Crippen molar-refractivity contribution in [1.82, 2.24) is 10.2 Å². The number of anilines is 1. The number of piperazine rings is 1. The minimum Gasteiger partial charge on any atom is -0.398 e. The Morgan fingerprint density at radius 1 is 1.19 bits per heavy atom. The van der Waals surface area contributed by atoms with Crippen LogP contribution in [0.1, 0.15) is 15.9 Å². The van der Waals surface area contributed by atoms with Crippen LogP contribution in [0.2, 0.25) is 0 Å². The third-order valence-electron chi connectivity index (χ3n) is 2.88. The number of carbonyl (C=O) groups excluding carboxylic acids is 3. The summed E-state index contributed by atoms with van der Waals surface area (Å²) in [6.45, 7) is -0.833. The van der Waals surface area contributed by atoms with E-state index < -0.39 is 53.8 Å². The summed E-state index contributed by atoms with van der Waals surface area (Å²) < 4.78 is 38.2. The molecule has 0 spiro atoms. The number of alkyl halides is 3. The Morgan fingerprint density at radius 2 is 1.76 bits per heavy atom. The number of carbonyl (C=O) groups is 3. The fraction of sp³-hybridized carbons (Fsp3) is 0.250. The quantitative estimate of drug-likeness (QED) is 0.579. The van der Waals surface area contributed by atoms with Crippen LogP contribution in [0.5, 0.6) is 0 Å². The first-order valence-electron chi connectivity index (χ1n) is 5.78. The first kappa shape index (κ1) is 14.8. The number of nitrogens with one attached hydrogen (secondary N) is 1. The third-order valence-corrected chi connectivity index (χ3v) is 2.88. The Morgan fingerprint density at radius 3 is 2.29 bits per heavy atom. The molecule has 0 aromatic heterocycles. The number of nitrogen functional groups attached to an aromatic ring is 1. The molecule has 0 atom stereocenters. The fourth-order valence-electron chi connectivity index (χ4n) is 1.95. The van der Waals surface area contributed by atoms with Crippen LogP contribution in [0.4, 0.5) is 18.9 Å². The third kappa shape index (κ3) is 2.96. The minimum atomic E-state index is -4.70. The van der Waals surface area contributed by atoms with E-state index in [4.69, 9.17) is 5.73 Å². The van der Waals surface area contributed by atoms with Gasteiger partial charge in [0.05, 0.1) is 16.8 Å². The molecular weight excluding hydrogens is 291 g/mol. The van der Waals surface area contributed by atoms with E-state index in [1.54, 1.807) is 0 Å². The van der Waals surface area contributed by atoms with Crippen molar-refractivity contribution in [3.63, 3.8) is 0 Å². The maximum absolute atomic E-state index is 12.7. The highest BCUT2D eigenvalue weighted by atomic mass is 19.4. The number of nitrogens with two attached hydrogens (primary N) is 1. The van der Waals surface area contributed by atoms with Crippen LogP contribution in [0.15, 0.2) is 18.2 Å². The normalized spacial score (nSPS) is 15.9. The number of rotatable bonds is 1. The van der Waals surface area contributed by atoms with Crippen LogP contribution in [-0.4, -0.2) is 35.7 Å². The van der Waals surface area contributed by atoms with E-state index >= 15 is 0 Å². The SMILES string of the molecule is Nc1c(C(=O)N2CC(=O)NC(=O)C2)cccc1C(F)(F)F. The van der Waals surface area contributed by atoms with Gasteiger partial charge in [0.25, 0.3) is 5.91 Å². The van der Waals surface area contributed by atoms with Crippen molar-refractivity contribution in [2.45, 2.75) is 6.18 Å². The van der Waals surface area contributed by atoms with Gasteiger partial charge in [-0.25, -0.2) is 0 Å². The largest absolute Gasteiger partial charge is 0.418 e. The number of nitrogens with zero attached hydrogens (tertiary/aromatic N) is 1. The molecule has 21 heavy (non-hydrogen) atoms. The molecule has 0 bridgehead atoms. The monoisotopic (exact) mass is 301 g/mol. The highest BCUT2D eigenvalue weighted by Crippen LogP contribution is 2.35. The van der Waals surface area contributed by atoms with E-state index in [-0.39, 0.29) is 0 Å². The summed E-state index contributed by atoms with van der Waals surface area (Å²) in [6.07, 6.45) is -4.70. The first-order chi connectivity index (χ1) is 9.70. The van der Waals surface area contributed by atoms with Crippen LogP contribution in [0, 0.1) is 0 Å². The summed E-state index contributed by atoms with van der Waals surface area (Å²) in [5.74, 6) is -2.31. The van der Waals surface area contributed by atoms with Crippen molar-refractivity contribution < 1.29 is 27.6 Å². The predicted molar refractivity (Wildman–Crippen MR) is 64.9 cm³/mol. The van der Waals surface area contributed by atoms with Gasteiger partial charge in [0.1, 0.15) is 13.1 Å². The van der Waals surface area contributed by atoms with Crippen LogP contribution in [0.3, 0.4) is 0 Å². The molecule has 112 valence electrons. The maximum Gasteiger partial charge on any atom is 0.418 e. The van der Waals surface area contributed by atoms with Gasteiger partial charge in [0.15, 0.2) is 0 Å². The van der Waals surface area contributed by atoms with Crippen LogP contribution >= 0.6 is 0 Å².